The van der Waals surface area contributed by atoms with Gasteiger partial charge in [0.1, 0.15) is 29.3 Å². The van der Waals surface area contributed by atoms with Crippen molar-refractivity contribution in [2.24, 2.45) is 0 Å². The predicted octanol–water partition coefficient (Wildman–Crippen LogP) is 4.08. The summed E-state index contributed by atoms with van der Waals surface area (Å²) in [5, 5.41) is 9.43. The Balaban J connectivity index is 1.46. The highest BCUT2D eigenvalue weighted by molar-refractivity contribution is 5.73. The van der Waals surface area contributed by atoms with Crippen molar-refractivity contribution in [1.82, 2.24) is 9.88 Å². The standard InChI is InChI=1S/C24H26N2O5/c1-16(22-17(2)31-23(25-22)19-8-4-3-5-9-19)30-20-10-6-7-18(13-20)14-26-11-12-29-15-21(26)24(27)28/h3-10,13,16,21H,11-12,14-15H2,1-2H3,(H,27,28). The average Bonchev–Trinajstić information content (AvgIpc) is 3.17. The summed E-state index contributed by atoms with van der Waals surface area (Å²) in [7, 11) is 0. The zero-order valence-electron chi connectivity index (χ0n) is 17.7. The van der Waals surface area contributed by atoms with Crippen LogP contribution in [0.4, 0.5) is 0 Å². The largest absolute Gasteiger partial charge is 0.484 e. The SMILES string of the molecule is Cc1oc(-c2ccccc2)nc1C(C)Oc1cccc(CN2CCOCC2C(=O)O)c1. The number of carboxylic acids is 1. The summed E-state index contributed by atoms with van der Waals surface area (Å²) in [6.45, 7) is 5.67. The van der Waals surface area contributed by atoms with Gasteiger partial charge in [0, 0.05) is 18.7 Å². The number of nitrogens with zero attached hydrogens (tertiary/aromatic N) is 2. The number of oxazole rings is 1. The molecule has 0 spiro atoms. The van der Waals surface area contributed by atoms with Gasteiger partial charge < -0.3 is 19.0 Å². The van der Waals surface area contributed by atoms with Crippen LogP contribution in [-0.2, 0) is 16.1 Å². The van der Waals surface area contributed by atoms with Gasteiger partial charge in [0.15, 0.2) is 0 Å². The van der Waals surface area contributed by atoms with Crippen LogP contribution in [0.15, 0.2) is 59.0 Å². The molecule has 0 amide bonds. The molecule has 2 unspecified atom stereocenters. The number of rotatable bonds is 7. The van der Waals surface area contributed by atoms with E-state index in [1.165, 1.54) is 0 Å². The summed E-state index contributed by atoms with van der Waals surface area (Å²) in [5.41, 5.74) is 2.66. The molecule has 31 heavy (non-hydrogen) atoms. The Morgan fingerprint density at radius 2 is 2.06 bits per heavy atom. The highest BCUT2D eigenvalue weighted by atomic mass is 16.5. The van der Waals surface area contributed by atoms with Crippen LogP contribution in [-0.4, -0.2) is 46.8 Å². The van der Waals surface area contributed by atoms with E-state index in [1.54, 1.807) is 0 Å². The Hall–Kier alpha value is -3.16. The van der Waals surface area contributed by atoms with Gasteiger partial charge in [-0.05, 0) is 43.7 Å². The van der Waals surface area contributed by atoms with Gasteiger partial charge in [0.2, 0.25) is 5.89 Å². The summed E-state index contributed by atoms with van der Waals surface area (Å²) in [6.07, 6.45) is -0.299. The predicted molar refractivity (Wildman–Crippen MR) is 115 cm³/mol. The fourth-order valence-electron chi connectivity index (χ4n) is 3.76. The van der Waals surface area contributed by atoms with Gasteiger partial charge in [-0.25, -0.2) is 4.98 Å². The van der Waals surface area contributed by atoms with E-state index in [0.29, 0.717) is 31.3 Å². The number of carbonyl (C=O) groups is 1. The summed E-state index contributed by atoms with van der Waals surface area (Å²) < 4.78 is 17.3. The highest BCUT2D eigenvalue weighted by Gasteiger charge is 2.29. The molecule has 4 rings (SSSR count). The lowest BCUT2D eigenvalue weighted by Gasteiger charge is -2.32. The minimum absolute atomic E-state index is 0.206. The number of aliphatic carboxylic acids is 1. The molecule has 0 bridgehead atoms. The number of hydrogen-bond acceptors (Lipinski definition) is 6. The third kappa shape index (κ3) is 4.95. The first kappa shape index (κ1) is 21.1. The maximum Gasteiger partial charge on any atom is 0.323 e. The quantitative estimate of drug-likeness (QED) is 0.614. The molecule has 7 nitrogen and oxygen atoms in total. The molecule has 2 aromatic carbocycles. The van der Waals surface area contributed by atoms with Crippen molar-refractivity contribution in [3.8, 4) is 17.2 Å². The first-order valence-corrected chi connectivity index (χ1v) is 10.3. The molecular formula is C24H26N2O5. The number of aromatic nitrogens is 1. The molecule has 3 aromatic rings. The first-order valence-electron chi connectivity index (χ1n) is 10.3. The van der Waals surface area contributed by atoms with Gasteiger partial charge in [0.05, 0.1) is 13.2 Å². The van der Waals surface area contributed by atoms with E-state index in [1.807, 2.05) is 73.3 Å². The van der Waals surface area contributed by atoms with Crippen LogP contribution in [0.2, 0.25) is 0 Å². The molecule has 7 heteroatoms. The van der Waals surface area contributed by atoms with E-state index < -0.39 is 12.0 Å². The van der Waals surface area contributed by atoms with Crippen molar-refractivity contribution in [2.75, 3.05) is 19.8 Å². The van der Waals surface area contributed by atoms with Crippen molar-refractivity contribution in [3.05, 3.63) is 71.6 Å². The third-order valence-corrected chi connectivity index (χ3v) is 5.36. The summed E-state index contributed by atoms with van der Waals surface area (Å²) in [4.78, 5) is 18.1. The molecule has 2 atom stereocenters. The van der Waals surface area contributed by atoms with Crippen LogP contribution in [0.1, 0.15) is 30.0 Å². The van der Waals surface area contributed by atoms with Crippen LogP contribution >= 0.6 is 0 Å². The zero-order chi connectivity index (χ0) is 21.8. The Kier molecular flexibility index (Phi) is 6.34. The van der Waals surface area contributed by atoms with E-state index in [9.17, 15) is 9.90 Å². The second kappa shape index (κ2) is 9.32. The van der Waals surface area contributed by atoms with Crippen molar-refractivity contribution < 1.29 is 23.8 Å². The van der Waals surface area contributed by atoms with Crippen LogP contribution in [0.25, 0.3) is 11.5 Å². The lowest BCUT2D eigenvalue weighted by Crippen LogP contribution is -2.49. The molecule has 1 aromatic heterocycles. The fraction of sp³-hybridized carbons (Fsp3) is 0.333. The maximum atomic E-state index is 11.5. The Morgan fingerprint density at radius 1 is 1.26 bits per heavy atom. The lowest BCUT2D eigenvalue weighted by atomic mass is 10.1. The Morgan fingerprint density at radius 3 is 2.84 bits per heavy atom. The van der Waals surface area contributed by atoms with Gasteiger partial charge in [-0.15, -0.1) is 0 Å². The second-order valence-corrected chi connectivity index (χ2v) is 7.63. The van der Waals surface area contributed by atoms with Gasteiger partial charge >= 0.3 is 5.97 Å². The van der Waals surface area contributed by atoms with Gasteiger partial charge in [-0.3, -0.25) is 9.69 Å². The van der Waals surface area contributed by atoms with E-state index >= 15 is 0 Å². The molecule has 0 radical (unpaired) electrons. The molecule has 2 heterocycles. The number of carboxylic acid groups (broad SMARTS) is 1. The minimum atomic E-state index is -0.864. The van der Waals surface area contributed by atoms with Crippen molar-refractivity contribution in [1.29, 1.82) is 0 Å². The average molecular weight is 422 g/mol. The molecule has 0 aliphatic carbocycles. The van der Waals surface area contributed by atoms with Crippen LogP contribution in [0, 0.1) is 6.92 Å². The van der Waals surface area contributed by atoms with E-state index in [2.05, 4.69) is 4.98 Å². The lowest BCUT2D eigenvalue weighted by molar-refractivity contribution is -0.150. The number of aryl methyl sites for hydroxylation is 1. The smallest absolute Gasteiger partial charge is 0.323 e. The van der Waals surface area contributed by atoms with E-state index in [0.717, 1.165) is 22.6 Å². The number of morpholine rings is 1. The zero-order valence-corrected chi connectivity index (χ0v) is 17.7. The molecule has 1 aliphatic heterocycles. The molecule has 1 N–H and O–H groups in total. The van der Waals surface area contributed by atoms with Crippen LogP contribution in [0.5, 0.6) is 5.75 Å². The summed E-state index contributed by atoms with van der Waals surface area (Å²) in [5.74, 6) is 1.13. The van der Waals surface area contributed by atoms with Gasteiger partial charge in [-0.1, -0.05) is 30.3 Å². The van der Waals surface area contributed by atoms with E-state index in [4.69, 9.17) is 13.9 Å². The molecular weight excluding hydrogens is 396 g/mol. The Bertz CT molecular complexity index is 1030. The normalized spacial score (nSPS) is 17.9. The maximum absolute atomic E-state index is 11.5. The number of ether oxygens (including phenoxy) is 2. The number of hydrogen-bond donors (Lipinski definition) is 1. The van der Waals surface area contributed by atoms with Crippen molar-refractivity contribution >= 4 is 5.97 Å². The molecule has 1 aliphatic rings. The molecule has 162 valence electrons. The molecule has 1 saturated heterocycles. The van der Waals surface area contributed by atoms with Crippen LogP contribution < -0.4 is 4.74 Å². The van der Waals surface area contributed by atoms with Gasteiger partial charge in [0.25, 0.3) is 0 Å². The third-order valence-electron chi connectivity index (χ3n) is 5.36. The van der Waals surface area contributed by atoms with Crippen molar-refractivity contribution in [3.63, 3.8) is 0 Å². The minimum Gasteiger partial charge on any atom is -0.484 e. The molecule has 0 saturated carbocycles. The van der Waals surface area contributed by atoms with E-state index in [-0.39, 0.29) is 12.7 Å². The summed E-state index contributed by atoms with van der Waals surface area (Å²) in [6, 6.07) is 16.9. The van der Waals surface area contributed by atoms with Gasteiger partial charge in [-0.2, -0.15) is 0 Å². The second-order valence-electron chi connectivity index (χ2n) is 7.63. The monoisotopic (exact) mass is 422 g/mol. The van der Waals surface area contributed by atoms with Crippen LogP contribution in [0.3, 0.4) is 0 Å². The number of benzene rings is 2. The topological polar surface area (TPSA) is 85.0 Å². The summed E-state index contributed by atoms with van der Waals surface area (Å²) >= 11 is 0. The molecule has 1 fully saturated rings. The Labute approximate surface area is 181 Å². The first-order chi connectivity index (χ1) is 15.0. The highest BCUT2D eigenvalue weighted by Crippen LogP contribution is 2.28. The van der Waals surface area contributed by atoms with Crippen molar-refractivity contribution in [2.45, 2.75) is 32.5 Å². The fourth-order valence-corrected chi connectivity index (χ4v) is 3.76.